The quantitative estimate of drug-likeness (QED) is 0.478. The van der Waals surface area contributed by atoms with Gasteiger partial charge in [0.05, 0.1) is 12.6 Å². The molecule has 1 fully saturated rings. The Kier molecular flexibility index (Phi) is 8.22. The minimum absolute atomic E-state index is 0.0742. The second-order valence-electron chi connectivity index (χ2n) is 6.70. The molecule has 1 aromatic rings. The number of carbonyl (C=O) groups excluding carboxylic acids is 3. The summed E-state index contributed by atoms with van der Waals surface area (Å²) in [5.41, 5.74) is 1.32. The number of quaternary nitrogens is 1. The number of anilines is 2. The number of likely N-dealkylation sites (N-methyl/N-ethyl adjacent to an activating group) is 1. The van der Waals surface area contributed by atoms with E-state index in [1.165, 1.54) is 6.92 Å². The molecule has 1 aliphatic rings. The van der Waals surface area contributed by atoms with Crippen LogP contribution in [0.1, 0.15) is 26.7 Å². The zero-order valence-electron chi connectivity index (χ0n) is 16.0. The first-order valence-corrected chi connectivity index (χ1v) is 9.35. The minimum Gasteiger partial charge on any atom is -0.376 e. The first-order valence-electron chi connectivity index (χ1n) is 9.35. The largest absolute Gasteiger partial charge is 0.376 e. The van der Waals surface area contributed by atoms with E-state index >= 15 is 0 Å². The number of nitrogens with one attached hydrogen (secondary N) is 4. The molecule has 3 amide bonds. The lowest BCUT2D eigenvalue weighted by molar-refractivity contribution is -0.881. The molecule has 0 saturated carbocycles. The van der Waals surface area contributed by atoms with Crippen molar-refractivity contribution in [1.29, 1.82) is 0 Å². The third-order valence-electron chi connectivity index (χ3n) is 4.36. The third-order valence-corrected chi connectivity index (χ3v) is 4.36. The smallest absolute Gasteiger partial charge is 0.279 e. The topological polar surface area (TPSA) is 101 Å². The van der Waals surface area contributed by atoms with E-state index < -0.39 is 0 Å². The van der Waals surface area contributed by atoms with Crippen molar-refractivity contribution in [1.82, 2.24) is 5.32 Å². The fraction of sp³-hybridized carbons (Fsp3) is 0.526. The van der Waals surface area contributed by atoms with Crippen LogP contribution in [0, 0.1) is 0 Å². The van der Waals surface area contributed by atoms with Crippen LogP contribution in [-0.4, -0.2) is 56.6 Å². The van der Waals surface area contributed by atoms with Gasteiger partial charge in [0.25, 0.3) is 11.8 Å². The molecular formula is C19H29N4O4+. The second kappa shape index (κ2) is 10.6. The molecule has 0 aromatic heterocycles. The average molecular weight is 377 g/mol. The van der Waals surface area contributed by atoms with E-state index in [-0.39, 0.29) is 36.9 Å². The summed E-state index contributed by atoms with van der Waals surface area (Å²) >= 11 is 0. The summed E-state index contributed by atoms with van der Waals surface area (Å²) in [5, 5.41) is 8.37. The Labute approximate surface area is 159 Å². The number of ether oxygens (including phenoxy) is 1. The molecule has 0 bridgehead atoms. The molecule has 0 spiro atoms. The van der Waals surface area contributed by atoms with Crippen molar-refractivity contribution in [2.75, 3.05) is 43.4 Å². The van der Waals surface area contributed by atoms with Gasteiger partial charge in [-0.2, -0.15) is 0 Å². The number of rotatable bonds is 9. The molecule has 4 N–H and O–H groups in total. The molecule has 0 radical (unpaired) electrons. The summed E-state index contributed by atoms with van der Waals surface area (Å²) in [6.45, 7) is 5.80. The molecule has 2 rings (SSSR count). The highest BCUT2D eigenvalue weighted by Crippen LogP contribution is 2.13. The Morgan fingerprint density at radius 1 is 1.07 bits per heavy atom. The normalized spacial score (nSPS) is 17.2. The highest BCUT2D eigenvalue weighted by molar-refractivity contribution is 5.92. The lowest BCUT2D eigenvalue weighted by Crippen LogP contribution is -3.14. The lowest BCUT2D eigenvalue weighted by Gasteiger charge is -2.18. The first-order chi connectivity index (χ1) is 13.0. The number of hydrogen-bond donors (Lipinski definition) is 4. The summed E-state index contributed by atoms with van der Waals surface area (Å²) < 4.78 is 5.49. The van der Waals surface area contributed by atoms with Gasteiger partial charge < -0.3 is 25.6 Å². The summed E-state index contributed by atoms with van der Waals surface area (Å²) in [6, 6.07) is 6.90. The Bertz CT molecular complexity index is 642. The van der Waals surface area contributed by atoms with Crippen LogP contribution < -0.4 is 20.9 Å². The van der Waals surface area contributed by atoms with Gasteiger partial charge in [-0.1, -0.05) is 0 Å². The van der Waals surface area contributed by atoms with Crippen molar-refractivity contribution in [2.45, 2.75) is 32.8 Å². The van der Waals surface area contributed by atoms with Gasteiger partial charge >= 0.3 is 0 Å². The number of hydrogen-bond acceptors (Lipinski definition) is 4. The molecule has 8 heteroatoms. The van der Waals surface area contributed by atoms with E-state index in [0.717, 1.165) is 24.3 Å². The van der Waals surface area contributed by atoms with Crippen LogP contribution in [-0.2, 0) is 19.1 Å². The summed E-state index contributed by atoms with van der Waals surface area (Å²) in [4.78, 5) is 36.2. The Morgan fingerprint density at radius 2 is 1.70 bits per heavy atom. The van der Waals surface area contributed by atoms with Crippen LogP contribution in [0.2, 0.25) is 0 Å². The molecule has 1 unspecified atom stereocenters. The molecule has 1 aliphatic heterocycles. The molecule has 1 saturated heterocycles. The van der Waals surface area contributed by atoms with Crippen LogP contribution in [0.15, 0.2) is 24.3 Å². The van der Waals surface area contributed by atoms with E-state index in [2.05, 4.69) is 16.0 Å². The summed E-state index contributed by atoms with van der Waals surface area (Å²) in [6.07, 6.45) is 2.13. The zero-order valence-corrected chi connectivity index (χ0v) is 16.0. The van der Waals surface area contributed by atoms with Gasteiger partial charge in [-0.15, -0.1) is 0 Å². The predicted molar refractivity (Wildman–Crippen MR) is 103 cm³/mol. The van der Waals surface area contributed by atoms with E-state index in [1.807, 2.05) is 6.92 Å². The summed E-state index contributed by atoms with van der Waals surface area (Å²) in [5.74, 6) is -0.382. The second-order valence-corrected chi connectivity index (χ2v) is 6.70. The van der Waals surface area contributed by atoms with Crippen molar-refractivity contribution in [3.05, 3.63) is 24.3 Å². The van der Waals surface area contributed by atoms with Crippen LogP contribution in [0.25, 0.3) is 0 Å². The van der Waals surface area contributed by atoms with Gasteiger partial charge in [0.1, 0.15) is 0 Å². The van der Waals surface area contributed by atoms with Gasteiger partial charge in [-0.25, -0.2) is 0 Å². The van der Waals surface area contributed by atoms with Gasteiger partial charge in [-0.05, 0) is 44.0 Å². The molecule has 2 atom stereocenters. The molecule has 148 valence electrons. The monoisotopic (exact) mass is 377 g/mol. The minimum atomic E-state index is -0.161. The van der Waals surface area contributed by atoms with Crippen molar-refractivity contribution >= 4 is 29.1 Å². The maximum atomic E-state index is 12.2. The van der Waals surface area contributed by atoms with Crippen LogP contribution in [0.3, 0.4) is 0 Å². The zero-order chi connectivity index (χ0) is 19.6. The molecule has 0 aliphatic carbocycles. The van der Waals surface area contributed by atoms with E-state index in [1.54, 1.807) is 24.3 Å². The van der Waals surface area contributed by atoms with Gasteiger partial charge in [0.2, 0.25) is 5.91 Å². The molecular weight excluding hydrogens is 348 g/mol. The summed E-state index contributed by atoms with van der Waals surface area (Å²) in [7, 11) is 0. The van der Waals surface area contributed by atoms with Crippen molar-refractivity contribution < 1.29 is 24.0 Å². The molecule has 1 aromatic carbocycles. The number of carbonyl (C=O) groups is 3. The van der Waals surface area contributed by atoms with Crippen LogP contribution in [0.4, 0.5) is 11.4 Å². The highest BCUT2D eigenvalue weighted by atomic mass is 16.5. The molecule has 27 heavy (non-hydrogen) atoms. The first kappa shape index (κ1) is 20.9. The van der Waals surface area contributed by atoms with Gasteiger partial charge in [0.15, 0.2) is 13.1 Å². The van der Waals surface area contributed by atoms with Crippen LogP contribution >= 0.6 is 0 Å². The third kappa shape index (κ3) is 7.76. The van der Waals surface area contributed by atoms with E-state index in [0.29, 0.717) is 24.5 Å². The fourth-order valence-electron chi connectivity index (χ4n) is 2.91. The Morgan fingerprint density at radius 3 is 2.26 bits per heavy atom. The van der Waals surface area contributed by atoms with Crippen molar-refractivity contribution in [3.8, 4) is 0 Å². The standard InChI is InChI=1S/C19H28N4O4/c1-3-23(12-18(25)20-11-17-5-4-10-27-17)13-19(26)22-16-8-6-15(7-9-16)21-14(2)24/h6-9,17H,3-5,10-13H2,1-2H3,(H,20,25)(H,21,24)(H,22,26)/p+1/t17-/m0/s1. The maximum absolute atomic E-state index is 12.2. The predicted octanol–water partition coefficient (Wildman–Crippen LogP) is -0.216. The van der Waals surface area contributed by atoms with Crippen molar-refractivity contribution in [3.63, 3.8) is 0 Å². The Hall–Kier alpha value is -2.45. The average Bonchev–Trinajstić information content (AvgIpc) is 3.14. The molecule has 8 nitrogen and oxygen atoms in total. The SMILES string of the molecule is CC[NH+](CC(=O)NC[C@@H]1CCCO1)CC(=O)Nc1ccc(NC(C)=O)cc1. The maximum Gasteiger partial charge on any atom is 0.279 e. The fourth-order valence-corrected chi connectivity index (χ4v) is 2.91. The highest BCUT2D eigenvalue weighted by Gasteiger charge is 2.19. The van der Waals surface area contributed by atoms with E-state index in [4.69, 9.17) is 4.74 Å². The van der Waals surface area contributed by atoms with Crippen molar-refractivity contribution in [2.24, 2.45) is 0 Å². The number of benzene rings is 1. The number of amides is 3. The van der Waals surface area contributed by atoms with E-state index in [9.17, 15) is 14.4 Å². The van der Waals surface area contributed by atoms with Crippen LogP contribution in [0.5, 0.6) is 0 Å². The Balaban J connectivity index is 1.74. The van der Waals surface area contributed by atoms with Gasteiger partial charge in [-0.3, -0.25) is 14.4 Å². The van der Waals surface area contributed by atoms with Gasteiger partial charge in [0, 0.05) is 31.5 Å². The lowest BCUT2D eigenvalue weighted by atomic mass is 10.2. The molecule has 1 heterocycles.